The molecule has 1 aromatic carbocycles. The summed E-state index contributed by atoms with van der Waals surface area (Å²) in [5, 5.41) is 3.93. The Morgan fingerprint density at radius 3 is 2.52 bits per heavy atom. The lowest BCUT2D eigenvalue weighted by Crippen LogP contribution is -2.19. The number of hydrogen-bond acceptors (Lipinski definition) is 8. The SMILES string of the molecule is CS(=O)(=O)C1(c2ccc(-c3noc(-c4cnsn4)n3)cc2)CC1. The van der Waals surface area contributed by atoms with E-state index < -0.39 is 14.6 Å². The van der Waals surface area contributed by atoms with Crippen LogP contribution in [0.1, 0.15) is 18.4 Å². The average Bonchev–Trinajstić information content (AvgIpc) is 2.98. The molecular formula is C14H12N4O3S2. The largest absolute Gasteiger partial charge is 0.332 e. The van der Waals surface area contributed by atoms with Crippen LogP contribution in [0, 0.1) is 0 Å². The summed E-state index contributed by atoms with van der Waals surface area (Å²) in [7, 11) is -3.11. The molecule has 1 aliphatic rings. The first-order valence-corrected chi connectivity index (χ1v) is 9.54. The van der Waals surface area contributed by atoms with Crippen LogP contribution in [0.2, 0.25) is 0 Å². The Bertz CT molecular complexity index is 942. The van der Waals surface area contributed by atoms with Gasteiger partial charge < -0.3 is 4.52 Å². The first-order valence-electron chi connectivity index (χ1n) is 6.92. The Balaban J connectivity index is 1.65. The van der Waals surface area contributed by atoms with Gasteiger partial charge in [-0.1, -0.05) is 29.4 Å². The van der Waals surface area contributed by atoms with Crippen LogP contribution in [0.4, 0.5) is 0 Å². The van der Waals surface area contributed by atoms with E-state index in [4.69, 9.17) is 4.52 Å². The highest BCUT2D eigenvalue weighted by Crippen LogP contribution is 2.52. The lowest BCUT2D eigenvalue weighted by molar-refractivity contribution is 0.431. The van der Waals surface area contributed by atoms with Crippen molar-refractivity contribution in [3.8, 4) is 23.0 Å². The molecule has 0 saturated heterocycles. The summed E-state index contributed by atoms with van der Waals surface area (Å²) >= 11 is 1.07. The molecule has 118 valence electrons. The van der Waals surface area contributed by atoms with Crippen LogP contribution >= 0.6 is 11.7 Å². The topological polar surface area (TPSA) is 98.8 Å². The van der Waals surface area contributed by atoms with Gasteiger partial charge in [0.15, 0.2) is 15.5 Å². The molecule has 0 spiro atoms. The number of sulfone groups is 1. The molecule has 4 rings (SSSR count). The molecule has 9 heteroatoms. The van der Waals surface area contributed by atoms with Crippen LogP contribution in [0.25, 0.3) is 23.0 Å². The third kappa shape index (κ3) is 2.36. The van der Waals surface area contributed by atoms with Crippen LogP contribution in [0.15, 0.2) is 35.0 Å². The molecule has 3 aromatic rings. The molecule has 23 heavy (non-hydrogen) atoms. The molecule has 0 aliphatic heterocycles. The number of nitrogens with zero attached hydrogens (tertiary/aromatic N) is 4. The summed E-state index contributed by atoms with van der Waals surface area (Å²) in [6.45, 7) is 0. The summed E-state index contributed by atoms with van der Waals surface area (Å²) in [6.07, 6.45) is 4.21. The predicted octanol–water partition coefficient (Wildman–Crippen LogP) is 2.29. The van der Waals surface area contributed by atoms with Crippen LogP contribution in [0.3, 0.4) is 0 Å². The van der Waals surface area contributed by atoms with Gasteiger partial charge in [-0.2, -0.15) is 13.7 Å². The van der Waals surface area contributed by atoms with Crippen molar-refractivity contribution in [3.63, 3.8) is 0 Å². The summed E-state index contributed by atoms with van der Waals surface area (Å²) in [5.74, 6) is 0.747. The van der Waals surface area contributed by atoms with Gasteiger partial charge in [-0.05, 0) is 18.4 Å². The highest BCUT2D eigenvalue weighted by Gasteiger charge is 2.53. The minimum absolute atomic E-state index is 0.313. The zero-order valence-corrected chi connectivity index (χ0v) is 13.8. The number of rotatable bonds is 4. The summed E-state index contributed by atoms with van der Waals surface area (Å²) in [5.41, 5.74) is 2.12. The maximum atomic E-state index is 12.0. The van der Waals surface area contributed by atoms with Gasteiger partial charge in [0.1, 0.15) is 0 Å². The molecule has 1 saturated carbocycles. The van der Waals surface area contributed by atoms with Crippen molar-refractivity contribution in [2.24, 2.45) is 0 Å². The van der Waals surface area contributed by atoms with Gasteiger partial charge in [-0.3, -0.25) is 0 Å². The Hall–Kier alpha value is -2.13. The number of benzene rings is 1. The van der Waals surface area contributed by atoms with Crippen LogP contribution in [-0.2, 0) is 14.6 Å². The fourth-order valence-corrected chi connectivity index (χ4v) is 4.43. The van der Waals surface area contributed by atoms with E-state index in [1.807, 2.05) is 24.3 Å². The van der Waals surface area contributed by atoms with Gasteiger partial charge in [0.25, 0.3) is 5.89 Å². The highest BCUT2D eigenvalue weighted by atomic mass is 32.2. The molecule has 0 radical (unpaired) electrons. The molecule has 7 nitrogen and oxygen atoms in total. The monoisotopic (exact) mass is 348 g/mol. The van der Waals surface area contributed by atoms with Gasteiger partial charge in [-0.15, -0.1) is 0 Å². The molecule has 0 N–H and O–H groups in total. The van der Waals surface area contributed by atoms with Crippen molar-refractivity contribution in [2.45, 2.75) is 17.6 Å². The normalized spacial score (nSPS) is 16.4. The molecule has 0 amide bonds. The summed E-state index contributed by atoms with van der Waals surface area (Å²) in [4.78, 5) is 4.29. The maximum Gasteiger partial charge on any atom is 0.279 e. The first-order chi connectivity index (χ1) is 11.0. The minimum Gasteiger partial charge on any atom is -0.332 e. The standard InChI is InChI=1S/C14H12N4O3S2/c1-23(19,20)14(6-7-14)10-4-2-9(3-5-10)12-16-13(21-17-12)11-8-15-22-18-11/h2-5,8H,6-7H2,1H3. The van der Waals surface area contributed by atoms with Crippen LogP contribution < -0.4 is 0 Å². The van der Waals surface area contributed by atoms with E-state index in [2.05, 4.69) is 18.9 Å². The second-order valence-electron chi connectivity index (χ2n) is 5.56. The fourth-order valence-electron chi connectivity index (χ4n) is 2.61. The highest BCUT2D eigenvalue weighted by molar-refractivity contribution is 7.92. The Kier molecular flexibility index (Phi) is 3.10. The molecule has 2 aromatic heterocycles. The first kappa shape index (κ1) is 14.5. The molecule has 0 bridgehead atoms. The van der Waals surface area contributed by atoms with E-state index in [1.165, 1.54) is 6.26 Å². The molecule has 1 aliphatic carbocycles. The van der Waals surface area contributed by atoms with Crippen LogP contribution in [-0.4, -0.2) is 33.6 Å². The smallest absolute Gasteiger partial charge is 0.279 e. The summed E-state index contributed by atoms with van der Waals surface area (Å²) < 4.78 is 36.3. The van der Waals surface area contributed by atoms with Crippen molar-refractivity contribution >= 4 is 21.6 Å². The summed E-state index contributed by atoms with van der Waals surface area (Å²) in [6, 6.07) is 7.27. The Morgan fingerprint density at radius 1 is 1.22 bits per heavy atom. The Labute approximate surface area is 136 Å². The van der Waals surface area contributed by atoms with Crippen molar-refractivity contribution < 1.29 is 12.9 Å². The molecule has 1 fully saturated rings. The van der Waals surface area contributed by atoms with Crippen LogP contribution in [0.5, 0.6) is 0 Å². The average molecular weight is 348 g/mol. The van der Waals surface area contributed by atoms with Crippen molar-refractivity contribution in [2.75, 3.05) is 6.26 Å². The second kappa shape index (κ2) is 4.93. The zero-order chi connectivity index (χ0) is 16.1. The molecule has 2 heterocycles. The van der Waals surface area contributed by atoms with E-state index >= 15 is 0 Å². The lowest BCUT2D eigenvalue weighted by atomic mass is 10.1. The van der Waals surface area contributed by atoms with Crippen molar-refractivity contribution in [1.82, 2.24) is 18.9 Å². The Morgan fingerprint density at radius 2 is 1.96 bits per heavy atom. The van der Waals surface area contributed by atoms with Gasteiger partial charge in [0, 0.05) is 11.8 Å². The van der Waals surface area contributed by atoms with E-state index in [1.54, 1.807) is 6.20 Å². The molecular weight excluding hydrogens is 336 g/mol. The van der Waals surface area contributed by atoms with Gasteiger partial charge in [0.2, 0.25) is 5.82 Å². The fraction of sp³-hybridized carbons (Fsp3) is 0.286. The number of hydrogen-bond donors (Lipinski definition) is 0. The maximum absolute atomic E-state index is 12.0. The second-order valence-corrected chi connectivity index (χ2v) is 8.44. The van der Waals surface area contributed by atoms with Crippen molar-refractivity contribution in [3.05, 3.63) is 36.0 Å². The lowest BCUT2D eigenvalue weighted by Gasteiger charge is -2.13. The van der Waals surface area contributed by atoms with Gasteiger partial charge >= 0.3 is 0 Å². The van der Waals surface area contributed by atoms with Crippen molar-refractivity contribution in [1.29, 1.82) is 0 Å². The van der Waals surface area contributed by atoms with E-state index in [0.29, 0.717) is 30.3 Å². The van der Waals surface area contributed by atoms with E-state index in [9.17, 15) is 8.42 Å². The molecule has 0 unspecified atom stereocenters. The van der Waals surface area contributed by atoms with Gasteiger partial charge in [0.05, 0.1) is 22.7 Å². The number of aromatic nitrogens is 4. The molecule has 0 atom stereocenters. The van der Waals surface area contributed by atoms with E-state index in [0.717, 1.165) is 22.9 Å². The third-order valence-electron chi connectivity index (χ3n) is 4.09. The predicted molar refractivity (Wildman–Crippen MR) is 84.4 cm³/mol. The minimum atomic E-state index is -3.11. The third-order valence-corrected chi connectivity index (χ3v) is 6.63. The van der Waals surface area contributed by atoms with E-state index in [-0.39, 0.29) is 0 Å². The zero-order valence-electron chi connectivity index (χ0n) is 12.1. The quantitative estimate of drug-likeness (QED) is 0.713. The van der Waals surface area contributed by atoms with Gasteiger partial charge in [-0.25, -0.2) is 8.42 Å².